The fourth-order valence-corrected chi connectivity index (χ4v) is 2.69. The van der Waals surface area contributed by atoms with E-state index in [-0.39, 0.29) is 5.84 Å². The van der Waals surface area contributed by atoms with Gasteiger partial charge in [-0.2, -0.15) is 0 Å². The smallest absolute Gasteiger partial charge is 0.130 e. The monoisotopic (exact) mass is 270 g/mol. The van der Waals surface area contributed by atoms with Gasteiger partial charge in [0.2, 0.25) is 0 Å². The molecular weight excluding hydrogens is 252 g/mol. The van der Waals surface area contributed by atoms with E-state index in [1.54, 1.807) is 0 Å². The summed E-state index contributed by atoms with van der Waals surface area (Å²) in [4.78, 5) is 6.67. The van der Waals surface area contributed by atoms with Crippen LogP contribution in [0, 0.1) is 5.41 Å². The summed E-state index contributed by atoms with van der Waals surface area (Å²) in [5, 5.41) is 18.7. The molecule has 1 fully saturated rings. The van der Waals surface area contributed by atoms with Crippen molar-refractivity contribution in [3.63, 3.8) is 0 Å². The van der Waals surface area contributed by atoms with Gasteiger partial charge in [-0.15, -0.1) is 0 Å². The largest absolute Gasteiger partial charge is 0.388 e. The summed E-state index contributed by atoms with van der Waals surface area (Å²) in [6.07, 6.45) is 0.719. The molecule has 1 aromatic carbocycles. The molecule has 1 unspecified atom stereocenters. The third-order valence-electron chi connectivity index (χ3n) is 3.77. The Balaban J connectivity index is 2.11. The van der Waals surface area contributed by atoms with E-state index < -0.39 is 5.60 Å². The number of hydrogen-bond acceptors (Lipinski definition) is 4. The number of nitrogen functional groups attached to an aromatic ring is 1. The average molecular weight is 270 g/mol. The van der Waals surface area contributed by atoms with Crippen molar-refractivity contribution in [2.45, 2.75) is 18.9 Å². The molecule has 2 aromatic rings. The quantitative estimate of drug-likeness (QED) is 0.570. The molecule has 1 aliphatic rings. The SMILES string of the molecule is CC1(O)CCN(c2cc(C(=N)N)c3ccccc3n2)C1. The number of pyridine rings is 1. The Labute approximate surface area is 117 Å². The molecule has 4 N–H and O–H groups in total. The summed E-state index contributed by atoms with van der Waals surface area (Å²) in [5.41, 5.74) is 6.52. The maximum atomic E-state index is 10.1. The molecular formula is C15H18N4O. The first-order valence-corrected chi connectivity index (χ1v) is 6.68. The van der Waals surface area contributed by atoms with E-state index in [0.29, 0.717) is 12.1 Å². The molecule has 104 valence electrons. The Morgan fingerprint density at radius 2 is 2.20 bits per heavy atom. The molecule has 3 rings (SSSR count). The zero-order valence-electron chi connectivity index (χ0n) is 11.4. The number of anilines is 1. The van der Waals surface area contributed by atoms with Crippen LogP contribution in [0.5, 0.6) is 0 Å². The molecule has 0 spiro atoms. The zero-order chi connectivity index (χ0) is 14.3. The molecule has 5 heteroatoms. The predicted molar refractivity (Wildman–Crippen MR) is 80.2 cm³/mol. The lowest BCUT2D eigenvalue weighted by Gasteiger charge is -2.21. The Bertz CT molecular complexity index is 681. The topological polar surface area (TPSA) is 86.2 Å². The van der Waals surface area contributed by atoms with Crippen LogP contribution in [-0.2, 0) is 0 Å². The second-order valence-corrected chi connectivity index (χ2v) is 5.63. The van der Waals surface area contributed by atoms with Crippen molar-refractivity contribution in [2.24, 2.45) is 5.73 Å². The Kier molecular flexibility index (Phi) is 2.87. The van der Waals surface area contributed by atoms with Crippen molar-refractivity contribution in [1.29, 1.82) is 5.41 Å². The van der Waals surface area contributed by atoms with Crippen molar-refractivity contribution in [1.82, 2.24) is 4.98 Å². The standard InChI is InChI=1S/C15H18N4O/c1-15(20)6-7-19(9-15)13-8-11(14(16)17)10-4-2-3-5-12(10)18-13/h2-5,8,20H,6-7,9H2,1H3,(H3,16,17). The highest BCUT2D eigenvalue weighted by molar-refractivity contribution is 6.07. The Morgan fingerprint density at radius 3 is 2.85 bits per heavy atom. The second-order valence-electron chi connectivity index (χ2n) is 5.63. The highest BCUT2D eigenvalue weighted by Gasteiger charge is 2.32. The molecule has 1 saturated heterocycles. The maximum Gasteiger partial charge on any atom is 0.130 e. The van der Waals surface area contributed by atoms with E-state index in [9.17, 15) is 5.11 Å². The van der Waals surface area contributed by atoms with E-state index in [1.165, 1.54) is 0 Å². The first-order chi connectivity index (χ1) is 9.46. The lowest BCUT2D eigenvalue weighted by Crippen LogP contribution is -2.30. The molecule has 0 radical (unpaired) electrons. The summed E-state index contributed by atoms with van der Waals surface area (Å²) >= 11 is 0. The molecule has 20 heavy (non-hydrogen) atoms. The summed E-state index contributed by atoms with van der Waals surface area (Å²) in [6.45, 7) is 3.14. The number of nitrogens with two attached hydrogens (primary N) is 1. The lowest BCUT2D eigenvalue weighted by molar-refractivity contribution is 0.0839. The number of aromatic nitrogens is 1. The third kappa shape index (κ3) is 2.20. The van der Waals surface area contributed by atoms with Gasteiger partial charge in [-0.1, -0.05) is 18.2 Å². The van der Waals surface area contributed by atoms with E-state index in [4.69, 9.17) is 11.1 Å². The van der Waals surface area contributed by atoms with Gasteiger partial charge >= 0.3 is 0 Å². The van der Waals surface area contributed by atoms with E-state index >= 15 is 0 Å². The molecule has 0 saturated carbocycles. The summed E-state index contributed by atoms with van der Waals surface area (Å²) in [5.74, 6) is 0.808. The molecule has 0 amide bonds. The van der Waals surface area contributed by atoms with Crippen LogP contribution in [0.2, 0.25) is 0 Å². The minimum absolute atomic E-state index is 0.0378. The fourth-order valence-electron chi connectivity index (χ4n) is 2.69. The van der Waals surface area contributed by atoms with Crippen molar-refractivity contribution in [2.75, 3.05) is 18.0 Å². The minimum atomic E-state index is -0.677. The molecule has 0 bridgehead atoms. The number of amidine groups is 1. The average Bonchev–Trinajstić information content (AvgIpc) is 2.77. The second kappa shape index (κ2) is 4.45. The predicted octanol–water partition coefficient (Wildman–Crippen LogP) is 1.48. The van der Waals surface area contributed by atoms with Crippen molar-refractivity contribution >= 4 is 22.6 Å². The summed E-state index contributed by atoms with van der Waals surface area (Å²) < 4.78 is 0. The Morgan fingerprint density at radius 1 is 1.45 bits per heavy atom. The number of rotatable bonds is 2. The van der Waals surface area contributed by atoms with Gasteiger partial charge in [-0.05, 0) is 25.5 Å². The molecule has 0 aliphatic carbocycles. The van der Waals surface area contributed by atoms with Gasteiger partial charge in [0.05, 0.1) is 11.1 Å². The molecule has 1 aliphatic heterocycles. The van der Waals surface area contributed by atoms with Crippen LogP contribution in [0.15, 0.2) is 30.3 Å². The van der Waals surface area contributed by atoms with Crippen LogP contribution in [-0.4, -0.2) is 34.6 Å². The first kappa shape index (κ1) is 12.9. The van der Waals surface area contributed by atoms with Crippen LogP contribution in [0.3, 0.4) is 0 Å². The van der Waals surface area contributed by atoms with Crippen LogP contribution < -0.4 is 10.6 Å². The molecule has 2 heterocycles. The number of benzene rings is 1. The van der Waals surface area contributed by atoms with Gasteiger partial charge in [-0.3, -0.25) is 5.41 Å². The van der Waals surface area contributed by atoms with Crippen molar-refractivity contribution in [3.8, 4) is 0 Å². The highest BCUT2D eigenvalue weighted by atomic mass is 16.3. The minimum Gasteiger partial charge on any atom is -0.388 e. The number of aliphatic hydroxyl groups is 1. The highest BCUT2D eigenvalue weighted by Crippen LogP contribution is 2.28. The number of nitrogens with zero attached hydrogens (tertiary/aromatic N) is 2. The normalized spacial score (nSPS) is 22.4. The van der Waals surface area contributed by atoms with Gasteiger partial charge in [0.1, 0.15) is 11.7 Å². The summed E-state index contributed by atoms with van der Waals surface area (Å²) in [6, 6.07) is 9.51. The van der Waals surface area contributed by atoms with Gasteiger partial charge in [0, 0.05) is 24.0 Å². The van der Waals surface area contributed by atoms with Crippen LogP contribution in [0.4, 0.5) is 5.82 Å². The van der Waals surface area contributed by atoms with E-state index in [0.717, 1.165) is 29.7 Å². The molecule has 5 nitrogen and oxygen atoms in total. The number of nitrogens with one attached hydrogen (secondary N) is 1. The first-order valence-electron chi connectivity index (χ1n) is 6.68. The van der Waals surface area contributed by atoms with Crippen LogP contribution in [0.25, 0.3) is 10.9 Å². The van der Waals surface area contributed by atoms with E-state index in [2.05, 4.69) is 4.98 Å². The molecule has 1 aromatic heterocycles. The lowest BCUT2D eigenvalue weighted by atomic mass is 10.1. The summed E-state index contributed by atoms with van der Waals surface area (Å²) in [7, 11) is 0. The van der Waals surface area contributed by atoms with Crippen molar-refractivity contribution in [3.05, 3.63) is 35.9 Å². The molecule has 1 atom stereocenters. The Hall–Kier alpha value is -2.14. The fraction of sp³-hybridized carbons (Fsp3) is 0.333. The van der Waals surface area contributed by atoms with Gasteiger partial charge in [0.15, 0.2) is 0 Å². The number of fused-ring (bicyclic) bond motifs is 1. The number of hydrogen-bond donors (Lipinski definition) is 3. The third-order valence-corrected chi connectivity index (χ3v) is 3.77. The zero-order valence-corrected chi connectivity index (χ0v) is 11.4. The van der Waals surface area contributed by atoms with Crippen LogP contribution in [0.1, 0.15) is 18.9 Å². The number of β-amino-alcohol motifs (C(OH)–C–C–N with tert-alkyl or cyclic N) is 1. The van der Waals surface area contributed by atoms with Gasteiger partial charge in [-0.25, -0.2) is 4.98 Å². The maximum absolute atomic E-state index is 10.1. The van der Waals surface area contributed by atoms with Crippen molar-refractivity contribution < 1.29 is 5.11 Å². The van der Waals surface area contributed by atoms with Crippen LogP contribution >= 0.6 is 0 Å². The number of para-hydroxylation sites is 1. The van der Waals surface area contributed by atoms with E-state index in [1.807, 2.05) is 42.2 Å². The van der Waals surface area contributed by atoms with Gasteiger partial charge < -0.3 is 15.7 Å². The van der Waals surface area contributed by atoms with Gasteiger partial charge in [0.25, 0.3) is 0 Å².